The third-order valence-electron chi connectivity index (χ3n) is 4.46. The van der Waals surface area contributed by atoms with Crippen LogP contribution in [0.2, 0.25) is 0 Å². The molecule has 0 heterocycles. The highest BCUT2D eigenvalue weighted by atomic mass is 32.2. The summed E-state index contributed by atoms with van der Waals surface area (Å²) in [7, 11) is -1.49. The first kappa shape index (κ1) is 23.5. The second-order valence-corrected chi connectivity index (χ2v) is 8.80. The van der Waals surface area contributed by atoms with Gasteiger partial charge in [-0.25, -0.2) is 8.42 Å². The summed E-state index contributed by atoms with van der Waals surface area (Å²) in [4.78, 5) is 4.58. The van der Waals surface area contributed by atoms with Crippen LogP contribution in [-0.2, 0) is 16.4 Å². The van der Waals surface area contributed by atoms with Crippen LogP contribution in [0.25, 0.3) is 0 Å². The van der Waals surface area contributed by atoms with E-state index in [9.17, 15) is 8.42 Å². The van der Waals surface area contributed by atoms with Gasteiger partial charge in [0.1, 0.15) is 0 Å². The molecule has 0 radical (unpaired) electrons. The van der Waals surface area contributed by atoms with E-state index >= 15 is 0 Å². The number of hydrogen-bond donors (Lipinski definition) is 2. The van der Waals surface area contributed by atoms with Crippen LogP contribution >= 0.6 is 0 Å². The molecule has 0 fully saturated rings. The fourth-order valence-corrected chi connectivity index (χ4v) is 3.49. The van der Waals surface area contributed by atoms with Gasteiger partial charge in [-0.2, -0.15) is 0 Å². The van der Waals surface area contributed by atoms with Crippen molar-refractivity contribution in [3.8, 4) is 11.5 Å². The van der Waals surface area contributed by atoms with E-state index in [0.29, 0.717) is 30.6 Å². The minimum Gasteiger partial charge on any atom is -0.490 e. The Morgan fingerprint density at radius 2 is 1.67 bits per heavy atom. The Bertz CT molecular complexity index is 957. The Hall–Kier alpha value is -2.74. The molecule has 0 spiro atoms. The van der Waals surface area contributed by atoms with Crippen LogP contribution < -0.4 is 20.1 Å². The van der Waals surface area contributed by atoms with Crippen molar-refractivity contribution in [1.29, 1.82) is 0 Å². The van der Waals surface area contributed by atoms with Crippen LogP contribution in [0, 0.1) is 0 Å². The van der Waals surface area contributed by atoms with Crippen molar-refractivity contribution in [3.63, 3.8) is 0 Å². The van der Waals surface area contributed by atoms with Gasteiger partial charge in [0, 0.05) is 19.8 Å². The van der Waals surface area contributed by atoms with Gasteiger partial charge in [0.25, 0.3) is 0 Å². The summed E-state index contributed by atoms with van der Waals surface area (Å²) in [6.45, 7) is 7.58. The number of guanidine groups is 1. The maximum Gasteiger partial charge on any atom is 0.191 e. The SMILES string of the molecule is CCOc1ccc(C(C)NC(=NC)NCc2ccc(S(C)(=O)=O)cc2)cc1OCC. The van der Waals surface area contributed by atoms with E-state index in [2.05, 4.69) is 15.6 Å². The summed E-state index contributed by atoms with van der Waals surface area (Å²) in [6.07, 6.45) is 1.20. The van der Waals surface area contributed by atoms with Gasteiger partial charge in [-0.3, -0.25) is 4.99 Å². The lowest BCUT2D eigenvalue weighted by Gasteiger charge is -2.20. The Balaban J connectivity index is 2.02. The van der Waals surface area contributed by atoms with Crippen LogP contribution in [0.4, 0.5) is 0 Å². The molecule has 0 saturated heterocycles. The molecule has 2 aromatic carbocycles. The zero-order chi connectivity index (χ0) is 22.1. The highest BCUT2D eigenvalue weighted by Gasteiger charge is 2.13. The fourth-order valence-electron chi connectivity index (χ4n) is 2.86. The normalized spacial score (nSPS) is 12.9. The Morgan fingerprint density at radius 3 is 2.23 bits per heavy atom. The summed E-state index contributed by atoms with van der Waals surface area (Å²) in [6, 6.07) is 12.7. The zero-order valence-electron chi connectivity index (χ0n) is 18.2. The molecule has 0 bridgehead atoms. The lowest BCUT2D eigenvalue weighted by molar-refractivity contribution is 0.287. The van der Waals surface area contributed by atoms with Crippen LogP contribution in [0.15, 0.2) is 52.4 Å². The molecule has 0 aliphatic carbocycles. The number of sulfone groups is 1. The minimum absolute atomic E-state index is 0.0151. The molecule has 7 nitrogen and oxygen atoms in total. The van der Waals surface area contributed by atoms with Crippen molar-refractivity contribution in [2.45, 2.75) is 38.3 Å². The predicted octanol–water partition coefficient (Wildman–Crippen LogP) is 3.31. The maximum atomic E-state index is 11.6. The van der Waals surface area contributed by atoms with Crippen molar-refractivity contribution in [3.05, 3.63) is 53.6 Å². The number of ether oxygens (including phenoxy) is 2. The van der Waals surface area contributed by atoms with Gasteiger partial charge in [0.15, 0.2) is 27.3 Å². The molecule has 0 amide bonds. The predicted molar refractivity (Wildman–Crippen MR) is 120 cm³/mol. The lowest BCUT2D eigenvalue weighted by Crippen LogP contribution is -2.38. The number of nitrogens with one attached hydrogen (secondary N) is 2. The molecule has 1 unspecified atom stereocenters. The van der Waals surface area contributed by atoms with Crippen molar-refractivity contribution >= 4 is 15.8 Å². The molecule has 0 aliphatic heterocycles. The Labute approximate surface area is 179 Å². The quantitative estimate of drug-likeness (QED) is 0.466. The van der Waals surface area contributed by atoms with Crippen LogP contribution in [-0.4, -0.2) is 40.9 Å². The molecule has 164 valence electrons. The summed E-state index contributed by atoms with van der Waals surface area (Å²) in [5.41, 5.74) is 2.00. The first-order chi connectivity index (χ1) is 14.3. The van der Waals surface area contributed by atoms with Crippen molar-refractivity contribution in [2.75, 3.05) is 26.5 Å². The highest BCUT2D eigenvalue weighted by Crippen LogP contribution is 2.30. The number of hydrogen-bond acceptors (Lipinski definition) is 5. The van der Waals surface area contributed by atoms with Crippen molar-refractivity contribution in [2.24, 2.45) is 4.99 Å². The second-order valence-electron chi connectivity index (χ2n) is 6.78. The monoisotopic (exact) mass is 433 g/mol. The molecule has 0 aromatic heterocycles. The van der Waals surface area contributed by atoms with Crippen LogP contribution in [0.3, 0.4) is 0 Å². The molecule has 2 aromatic rings. The Kier molecular flexibility index (Phi) is 8.53. The number of rotatable bonds is 9. The third-order valence-corrected chi connectivity index (χ3v) is 5.58. The molecule has 30 heavy (non-hydrogen) atoms. The van der Waals surface area contributed by atoms with Gasteiger partial charge in [-0.1, -0.05) is 18.2 Å². The summed E-state index contributed by atoms with van der Waals surface area (Å²) < 4.78 is 34.5. The van der Waals surface area contributed by atoms with E-state index < -0.39 is 9.84 Å². The van der Waals surface area contributed by atoms with Gasteiger partial charge in [0.2, 0.25) is 0 Å². The van der Waals surface area contributed by atoms with E-state index in [0.717, 1.165) is 22.6 Å². The summed E-state index contributed by atoms with van der Waals surface area (Å²) in [5, 5.41) is 6.61. The van der Waals surface area contributed by atoms with E-state index in [1.165, 1.54) is 6.26 Å². The lowest BCUT2D eigenvalue weighted by atomic mass is 10.1. The average Bonchev–Trinajstić information content (AvgIpc) is 2.72. The van der Waals surface area contributed by atoms with E-state index in [-0.39, 0.29) is 6.04 Å². The standard InChI is InChI=1S/C22H31N3O4S/c1-6-28-20-13-10-18(14-21(20)29-7-2)16(3)25-22(23-4)24-15-17-8-11-19(12-9-17)30(5,26)27/h8-14,16H,6-7,15H2,1-5H3,(H2,23,24,25). The van der Waals surface area contributed by atoms with E-state index in [4.69, 9.17) is 9.47 Å². The fraction of sp³-hybridized carbons (Fsp3) is 0.409. The van der Waals surface area contributed by atoms with Gasteiger partial charge in [-0.05, 0) is 56.2 Å². The molecule has 0 saturated carbocycles. The molecule has 2 rings (SSSR count). The topological polar surface area (TPSA) is 89.0 Å². The van der Waals surface area contributed by atoms with Gasteiger partial charge in [0.05, 0.1) is 24.2 Å². The first-order valence-electron chi connectivity index (χ1n) is 9.94. The molecular weight excluding hydrogens is 402 g/mol. The van der Waals surface area contributed by atoms with Crippen LogP contribution in [0.5, 0.6) is 11.5 Å². The molecule has 2 N–H and O–H groups in total. The minimum atomic E-state index is -3.19. The van der Waals surface area contributed by atoms with Gasteiger partial charge < -0.3 is 20.1 Å². The Morgan fingerprint density at radius 1 is 1.03 bits per heavy atom. The maximum absolute atomic E-state index is 11.6. The summed E-state index contributed by atoms with van der Waals surface area (Å²) >= 11 is 0. The van der Waals surface area contributed by atoms with Gasteiger partial charge >= 0.3 is 0 Å². The first-order valence-corrected chi connectivity index (χ1v) is 11.8. The van der Waals surface area contributed by atoms with Crippen molar-refractivity contribution in [1.82, 2.24) is 10.6 Å². The smallest absolute Gasteiger partial charge is 0.191 e. The highest BCUT2D eigenvalue weighted by molar-refractivity contribution is 7.90. The molecular formula is C22H31N3O4S. The largest absolute Gasteiger partial charge is 0.490 e. The second kappa shape index (κ2) is 10.9. The average molecular weight is 434 g/mol. The van der Waals surface area contributed by atoms with Gasteiger partial charge in [-0.15, -0.1) is 0 Å². The number of nitrogens with zero attached hydrogens (tertiary/aromatic N) is 1. The van der Waals surface area contributed by atoms with Crippen LogP contribution in [0.1, 0.15) is 37.9 Å². The molecule has 0 aliphatic rings. The zero-order valence-corrected chi connectivity index (χ0v) is 19.0. The van der Waals surface area contributed by atoms with Crippen molar-refractivity contribution < 1.29 is 17.9 Å². The van der Waals surface area contributed by atoms with E-state index in [1.807, 2.05) is 39.0 Å². The van der Waals surface area contributed by atoms with E-state index in [1.54, 1.807) is 31.3 Å². The molecule has 1 atom stereocenters. The molecule has 8 heteroatoms. The third kappa shape index (κ3) is 6.66. The summed E-state index contributed by atoms with van der Waals surface area (Å²) in [5.74, 6) is 2.09. The number of benzene rings is 2. The number of aliphatic imine (C=N–C) groups is 1.